The van der Waals surface area contributed by atoms with Gasteiger partial charge in [-0.25, -0.2) is 0 Å². The largest absolute Gasteiger partial charge is 1.00 e. The van der Waals surface area contributed by atoms with Gasteiger partial charge in [-0.15, -0.1) is 0 Å². The van der Waals surface area contributed by atoms with Gasteiger partial charge in [0.05, 0.1) is 0 Å². The first-order chi connectivity index (χ1) is 2.77. The Morgan fingerprint density at radius 1 is 1.86 bits per heavy atom. The number of carbonyl (C=O) groups excluding carboxylic acids is 1. The zero-order chi connectivity index (χ0) is 4.99. The maximum absolute atomic E-state index is 9.82. The fraction of sp³-hybridized carbons (Fsp3) is 0.750. The molecule has 0 aromatic carbocycles. The molecule has 0 aliphatic heterocycles. The van der Waals surface area contributed by atoms with E-state index in [9.17, 15) is 4.79 Å². The van der Waals surface area contributed by atoms with E-state index in [2.05, 4.69) is 0 Å². The zero-order valence-corrected chi connectivity index (χ0v) is 6.90. The number of rotatable bonds is 2. The Labute approximate surface area is 67.2 Å². The van der Waals surface area contributed by atoms with Crippen molar-refractivity contribution in [1.29, 1.82) is 0 Å². The third kappa shape index (κ3) is 10.7. The predicted molar refractivity (Wildman–Crippen MR) is 25.2 cm³/mol. The Morgan fingerprint density at radius 3 is 2.29 bits per heavy atom. The van der Waals surface area contributed by atoms with Crippen molar-refractivity contribution in [2.24, 2.45) is 5.73 Å². The van der Waals surface area contributed by atoms with Crippen molar-refractivity contribution in [3.8, 4) is 0 Å². The quantitative estimate of drug-likeness (QED) is 0.390. The molecule has 0 aromatic rings. The normalized spacial score (nSPS) is 7.00. The second-order valence-electron chi connectivity index (χ2n) is 1.22. The van der Waals surface area contributed by atoms with E-state index in [1.165, 1.54) is 0 Å². The van der Waals surface area contributed by atoms with Crippen LogP contribution in [0.5, 0.6) is 0 Å². The van der Waals surface area contributed by atoms with Crippen molar-refractivity contribution >= 4 is 5.91 Å². The number of amides is 1. The fourth-order valence-electron chi connectivity index (χ4n) is 0.246. The van der Waals surface area contributed by atoms with Crippen LogP contribution in [0.25, 0.3) is 0 Å². The molecule has 0 saturated heterocycles. The van der Waals surface area contributed by atoms with E-state index in [1.54, 1.807) is 0 Å². The summed E-state index contributed by atoms with van der Waals surface area (Å²) in [6.07, 6.45) is 1.37. The van der Waals surface area contributed by atoms with E-state index >= 15 is 0 Å². The molecule has 0 radical (unpaired) electrons. The molecule has 2 N–H and O–H groups in total. The van der Waals surface area contributed by atoms with Gasteiger partial charge in [-0.1, -0.05) is 6.92 Å². The van der Waals surface area contributed by atoms with Crippen LogP contribution in [0.4, 0.5) is 0 Å². The summed E-state index contributed by atoms with van der Waals surface area (Å²) >= 11 is 0. The molecule has 3 heteroatoms. The molecular formula is C4H10NNaO. The Bertz CT molecular complexity index is 60.0. The Kier molecular flexibility index (Phi) is 9.66. The minimum atomic E-state index is -0.211. The van der Waals surface area contributed by atoms with Gasteiger partial charge in [0.25, 0.3) is 0 Å². The maximum Gasteiger partial charge on any atom is 1.00 e. The van der Waals surface area contributed by atoms with Gasteiger partial charge in [-0.2, -0.15) is 0 Å². The molecule has 0 aliphatic carbocycles. The van der Waals surface area contributed by atoms with Gasteiger partial charge >= 0.3 is 29.6 Å². The summed E-state index contributed by atoms with van der Waals surface area (Å²) in [6.45, 7) is 1.92. The zero-order valence-electron chi connectivity index (χ0n) is 5.90. The van der Waals surface area contributed by atoms with Crippen molar-refractivity contribution in [2.45, 2.75) is 19.8 Å². The topological polar surface area (TPSA) is 43.1 Å². The van der Waals surface area contributed by atoms with Crippen LogP contribution in [0, 0.1) is 0 Å². The van der Waals surface area contributed by atoms with E-state index in [1.807, 2.05) is 6.92 Å². The summed E-state index contributed by atoms with van der Waals surface area (Å²) in [5.74, 6) is -0.211. The molecule has 0 atom stereocenters. The average Bonchev–Trinajstić information content (AvgIpc) is 1.35. The number of carbonyl (C=O) groups is 1. The van der Waals surface area contributed by atoms with Crippen LogP contribution in [0.15, 0.2) is 0 Å². The summed E-state index contributed by atoms with van der Waals surface area (Å²) in [6, 6.07) is 0. The van der Waals surface area contributed by atoms with Gasteiger partial charge in [-0.3, -0.25) is 4.79 Å². The molecule has 7 heavy (non-hydrogen) atoms. The molecule has 1 amide bonds. The van der Waals surface area contributed by atoms with E-state index < -0.39 is 0 Å². The number of hydrogen-bond donors (Lipinski definition) is 1. The molecule has 0 spiro atoms. The van der Waals surface area contributed by atoms with Crippen molar-refractivity contribution in [2.75, 3.05) is 0 Å². The number of primary amides is 1. The first-order valence-corrected chi connectivity index (χ1v) is 2.05. The van der Waals surface area contributed by atoms with Crippen LogP contribution in [-0.4, -0.2) is 5.91 Å². The average molecular weight is 111 g/mol. The van der Waals surface area contributed by atoms with Crippen LogP contribution in [0.1, 0.15) is 21.2 Å². The SMILES string of the molecule is CCCC(N)=O.[H-].[Na+]. The Morgan fingerprint density at radius 2 is 2.29 bits per heavy atom. The molecule has 0 bridgehead atoms. The first-order valence-electron chi connectivity index (χ1n) is 2.05. The third-order valence-electron chi connectivity index (χ3n) is 0.496. The molecule has 2 nitrogen and oxygen atoms in total. The van der Waals surface area contributed by atoms with Crippen molar-refractivity contribution < 1.29 is 35.8 Å². The number of nitrogens with two attached hydrogens (primary N) is 1. The van der Waals surface area contributed by atoms with E-state index in [-0.39, 0.29) is 36.9 Å². The summed E-state index contributed by atoms with van der Waals surface area (Å²) in [5, 5.41) is 0. The maximum atomic E-state index is 9.82. The van der Waals surface area contributed by atoms with Crippen LogP contribution in [-0.2, 0) is 4.79 Å². The molecule has 0 fully saturated rings. The van der Waals surface area contributed by atoms with E-state index in [0.29, 0.717) is 6.42 Å². The van der Waals surface area contributed by atoms with Crippen molar-refractivity contribution in [1.82, 2.24) is 0 Å². The van der Waals surface area contributed by atoms with Crippen LogP contribution >= 0.6 is 0 Å². The summed E-state index contributed by atoms with van der Waals surface area (Å²) < 4.78 is 0. The van der Waals surface area contributed by atoms with Crippen LogP contribution < -0.4 is 35.3 Å². The van der Waals surface area contributed by atoms with Crippen molar-refractivity contribution in [3.05, 3.63) is 0 Å². The van der Waals surface area contributed by atoms with E-state index in [4.69, 9.17) is 5.73 Å². The Hall–Kier alpha value is 0.470. The van der Waals surface area contributed by atoms with Gasteiger partial charge in [-0.05, 0) is 6.42 Å². The second kappa shape index (κ2) is 6.47. The summed E-state index contributed by atoms with van der Waals surface area (Å²) in [7, 11) is 0. The van der Waals surface area contributed by atoms with Gasteiger partial charge in [0, 0.05) is 6.42 Å². The molecule has 0 heterocycles. The Balaban J connectivity index is -0.000000125. The summed E-state index contributed by atoms with van der Waals surface area (Å²) in [5.41, 5.74) is 4.76. The first kappa shape index (κ1) is 10.5. The van der Waals surface area contributed by atoms with Gasteiger partial charge < -0.3 is 7.16 Å². The van der Waals surface area contributed by atoms with Crippen molar-refractivity contribution in [3.63, 3.8) is 0 Å². The monoisotopic (exact) mass is 111 g/mol. The third-order valence-corrected chi connectivity index (χ3v) is 0.496. The van der Waals surface area contributed by atoms with Crippen LogP contribution in [0.2, 0.25) is 0 Å². The molecule has 0 saturated carbocycles. The van der Waals surface area contributed by atoms with Gasteiger partial charge in [0.15, 0.2) is 0 Å². The van der Waals surface area contributed by atoms with E-state index in [0.717, 1.165) is 6.42 Å². The molecule has 38 valence electrons. The standard InChI is InChI=1S/C4H9NO.Na.H/c1-2-3-4(5)6;;/h2-3H2,1H3,(H2,5,6);;/q;+1;-1. The predicted octanol–water partition coefficient (Wildman–Crippen LogP) is -2.61. The second-order valence-corrected chi connectivity index (χ2v) is 1.22. The summed E-state index contributed by atoms with van der Waals surface area (Å²) in [4.78, 5) is 9.82. The molecule has 0 aliphatic rings. The smallest absolute Gasteiger partial charge is 1.00 e. The fourth-order valence-corrected chi connectivity index (χ4v) is 0.246. The van der Waals surface area contributed by atoms with Crippen LogP contribution in [0.3, 0.4) is 0 Å². The molecular weight excluding hydrogens is 101 g/mol. The molecule has 0 unspecified atom stereocenters. The number of hydrogen-bond acceptors (Lipinski definition) is 1. The molecule has 0 aromatic heterocycles. The van der Waals surface area contributed by atoms with Gasteiger partial charge in [0.2, 0.25) is 5.91 Å². The molecule has 0 rings (SSSR count). The minimum absolute atomic E-state index is 0. The minimum Gasteiger partial charge on any atom is -1.00 e. The van der Waals surface area contributed by atoms with Gasteiger partial charge in [0.1, 0.15) is 0 Å².